The number of para-hydroxylation sites is 1. The van der Waals surface area contributed by atoms with Crippen molar-refractivity contribution in [1.29, 1.82) is 0 Å². The summed E-state index contributed by atoms with van der Waals surface area (Å²) in [5, 5.41) is 13.5. The monoisotopic (exact) mass is 313 g/mol. The van der Waals surface area contributed by atoms with E-state index in [2.05, 4.69) is 25.8 Å². The van der Waals surface area contributed by atoms with E-state index in [4.69, 9.17) is 0 Å². The number of anilines is 3. The maximum atomic E-state index is 13.6. The number of hydrogen-bond acceptors (Lipinski definition) is 5. The van der Waals surface area contributed by atoms with Crippen LogP contribution in [0.2, 0.25) is 0 Å². The highest BCUT2D eigenvalue weighted by Crippen LogP contribution is 2.17. The van der Waals surface area contributed by atoms with Crippen LogP contribution < -0.4 is 10.6 Å². The van der Waals surface area contributed by atoms with Crippen LogP contribution in [0.3, 0.4) is 0 Å². The molecule has 0 fully saturated rings. The summed E-state index contributed by atoms with van der Waals surface area (Å²) in [5.74, 6) is -0.0306. The van der Waals surface area contributed by atoms with E-state index >= 15 is 0 Å². The molecule has 0 unspecified atom stereocenters. The van der Waals surface area contributed by atoms with Gasteiger partial charge in [0.25, 0.3) is 0 Å². The fourth-order valence-electron chi connectivity index (χ4n) is 1.92. The lowest BCUT2D eigenvalue weighted by atomic mass is 10.2. The van der Waals surface area contributed by atoms with Gasteiger partial charge < -0.3 is 10.6 Å². The number of halogens is 2. The zero-order chi connectivity index (χ0) is 16.1. The SMILES string of the molecule is Fc1ccc(CNc2cnnc(Nc3ccccc3F)n2)cc1. The van der Waals surface area contributed by atoms with Crippen molar-refractivity contribution in [2.24, 2.45) is 0 Å². The summed E-state index contributed by atoms with van der Waals surface area (Å²) in [4.78, 5) is 4.21. The molecule has 23 heavy (non-hydrogen) atoms. The Kier molecular flexibility index (Phi) is 4.37. The highest BCUT2D eigenvalue weighted by atomic mass is 19.1. The van der Waals surface area contributed by atoms with Crippen molar-refractivity contribution in [2.45, 2.75) is 6.54 Å². The molecule has 0 aliphatic carbocycles. The second kappa shape index (κ2) is 6.78. The van der Waals surface area contributed by atoms with Crippen molar-refractivity contribution >= 4 is 17.5 Å². The van der Waals surface area contributed by atoms with Crippen LogP contribution in [-0.2, 0) is 6.54 Å². The molecule has 0 aliphatic heterocycles. The first-order valence-electron chi connectivity index (χ1n) is 6.90. The Labute approximate surface area is 131 Å². The maximum Gasteiger partial charge on any atom is 0.249 e. The fourth-order valence-corrected chi connectivity index (χ4v) is 1.92. The van der Waals surface area contributed by atoms with Crippen LogP contribution in [0.15, 0.2) is 54.7 Å². The summed E-state index contributed by atoms with van der Waals surface area (Å²) in [6.45, 7) is 0.456. The van der Waals surface area contributed by atoms with E-state index in [0.29, 0.717) is 12.4 Å². The first kappa shape index (κ1) is 14.8. The number of nitrogens with one attached hydrogen (secondary N) is 2. The molecule has 0 bridgehead atoms. The number of aromatic nitrogens is 3. The molecule has 2 N–H and O–H groups in total. The van der Waals surface area contributed by atoms with Gasteiger partial charge >= 0.3 is 0 Å². The van der Waals surface area contributed by atoms with Gasteiger partial charge in [-0.05, 0) is 29.8 Å². The third-order valence-corrected chi connectivity index (χ3v) is 3.07. The van der Waals surface area contributed by atoms with E-state index in [9.17, 15) is 8.78 Å². The summed E-state index contributed by atoms with van der Waals surface area (Å²) in [5.41, 5.74) is 1.17. The third-order valence-electron chi connectivity index (χ3n) is 3.07. The molecule has 3 rings (SSSR count). The molecule has 3 aromatic rings. The van der Waals surface area contributed by atoms with Crippen molar-refractivity contribution in [1.82, 2.24) is 15.2 Å². The number of hydrogen-bond donors (Lipinski definition) is 2. The lowest BCUT2D eigenvalue weighted by Crippen LogP contribution is -2.06. The normalized spacial score (nSPS) is 10.3. The van der Waals surface area contributed by atoms with Gasteiger partial charge in [-0.2, -0.15) is 10.1 Å². The Bertz CT molecular complexity index is 792. The molecule has 0 saturated heterocycles. The quantitative estimate of drug-likeness (QED) is 0.755. The Balaban J connectivity index is 1.67. The minimum atomic E-state index is -0.402. The van der Waals surface area contributed by atoms with Crippen molar-refractivity contribution in [2.75, 3.05) is 10.6 Å². The number of benzene rings is 2. The van der Waals surface area contributed by atoms with E-state index in [0.717, 1.165) is 5.56 Å². The first-order valence-corrected chi connectivity index (χ1v) is 6.90. The molecule has 0 spiro atoms. The van der Waals surface area contributed by atoms with Crippen LogP contribution in [-0.4, -0.2) is 15.2 Å². The summed E-state index contributed by atoms with van der Waals surface area (Å²) >= 11 is 0. The fraction of sp³-hybridized carbons (Fsp3) is 0.0625. The molecule has 0 amide bonds. The summed E-state index contributed by atoms with van der Waals surface area (Å²) in [7, 11) is 0. The van der Waals surface area contributed by atoms with Gasteiger partial charge in [-0.15, -0.1) is 5.10 Å². The standard InChI is InChI=1S/C16H13F2N5/c17-12-7-5-11(6-8-12)9-19-15-10-20-23-16(22-15)21-14-4-2-1-3-13(14)18/h1-8,10H,9H2,(H2,19,21,22,23). The van der Waals surface area contributed by atoms with E-state index in [1.165, 1.54) is 24.4 Å². The zero-order valence-electron chi connectivity index (χ0n) is 12.0. The smallest absolute Gasteiger partial charge is 0.249 e. The second-order valence-corrected chi connectivity index (χ2v) is 4.75. The van der Waals surface area contributed by atoms with Crippen molar-refractivity contribution in [3.63, 3.8) is 0 Å². The lowest BCUT2D eigenvalue weighted by molar-refractivity contribution is 0.627. The average Bonchev–Trinajstić information content (AvgIpc) is 2.57. The Morgan fingerprint density at radius 2 is 1.74 bits per heavy atom. The van der Waals surface area contributed by atoms with Crippen LogP contribution in [0.5, 0.6) is 0 Å². The van der Waals surface area contributed by atoms with E-state index in [-0.39, 0.29) is 17.5 Å². The van der Waals surface area contributed by atoms with Gasteiger partial charge in [-0.3, -0.25) is 0 Å². The van der Waals surface area contributed by atoms with E-state index in [1.807, 2.05) is 0 Å². The van der Waals surface area contributed by atoms with Gasteiger partial charge in [-0.25, -0.2) is 8.78 Å². The van der Waals surface area contributed by atoms with Crippen molar-refractivity contribution in [3.05, 3.63) is 71.9 Å². The Morgan fingerprint density at radius 3 is 2.52 bits per heavy atom. The number of nitrogens with zero attached hydrogens (tertiary/aromatic N) is 3. The summed E-state index contributed by atoms with van der Waals surface area (Å²) < 4.78 is 26.4. The molecular weight excluding hydrogens is 300 g/mol. The molecule has 0 aliphatic rings. The van der Waals surface area contributed by atoms with Gasteiger partial charge in [0.15, 0.2) is 5.82 Å². The zero-order valence-corrected chi connectivity index (χ0v) is 12.0. The van der Waals surface area contributed by atoms with Gasteiger partial charge in [0.2, 0.25) is 5.95 Å². The van der Waals surface area contributed by atoms with Gasteiger partial charge in [-0.1, -0.05) is 24.3 Å². The van der Waals surface area contributed by atoms with Gasteiger partial charge in [0.1, 0.15) is 11.6 Å². The molecule has 7 heteroatoms. The predicted octanol–water partition coefficient (Wildman–Crippen LogP) is 3.51. The molecule has 116 valence electrons. The van der Waals surface area contributed by atoms with Gasteiger partial charge in [0.05, 0.1) is 11.9 Å². The highest BCUT2D eigenvalue weighted by Gasteiger charge is 2.05. The molecule has 0 saturated carbocycles. The topological polar surface area (TPSA) is 62.7 Å². The average molecular weight is 313 g/mol. The molecule has 0 atom stereocenters. The molecule has 1 aromatic heterocycles. The summed E-state index contributed by atoms with van der Waals surface area (Å²) in [6, 6.07) is 12.4. The Morgan fingerprint density at radius 1 is 0.957 bits per heavy atom. The molecule has 1 heterocycles. The Hall–Kier alpha value is -3.09. The highest BCUT2D eigenvalue weighted by molar-refractivity contribution is 5.54. The molecule has 0 radical (unpaired) electrons. The summed E-state index contributed by atoms with van der Waals surface area (Å²) in [6.07, 6.45) is 1.45. The first-order chi connectivity index (χ1) is 11.2. The van der Waals surface area contributed by atoms with E-state index < -0.39 is 5.82 Å². The van der Waals surface area contributed by atoms with Crippen LogP contribution in [0.1, 0.15) is 5.56 Å². The second-order valence-electron chi connectivity index (χ2n) is 4.75. The molecule has 5 nitrogen and oxygen atoms in total. The van der Waals surface area contributed by atoms with E-state index in [1.54, 1.807) is 30.3 Å². The largest absolute Gasteiger partial charge is 0.365 e. The van der Waals surface area contributed by atoms with Crippen LogP contribution in [0, 0.1) is 11.6 Å². The predicted molar refractivity (Wildman–Crippen MR) is 83.2 cm³/mol. The van der Waals surface area contributed by atoms with Crippen molar-refractivity contribution in [3.8, 4) is 0 Å². The molecular formula is C16H13F2N5. The third kappa shape index (κ3) is 3.97. The lowest BCUT2D eigenvalue weighted by Gasteiger charge is -2.08. The van der Waals surface area contributed by atoms with Crippen LogP contribution in [0.25, 0.3) is 0 Å². The van der Waals surface area contributed by atoms with Crippen LogP contribution in [0.4, 0.5) is 26.2 Å². The minimum absolute atomic E-state index is 0.180. The van der Waals surface area contributed by atoms with Gasteiger partial charge in [0, 0.05) is 6.54 Å². The van der Waals surface area contributed by atoms with Crippen molar-refractivity contribution < 1.29 is 8.78 Å². The van der Waals surface area contributed by atoms with Crippen LogP contribution >= 0.6 is 0 Å². The molecule has 2 aromatic carbocycles. The maximum absolute atomic E-state index is 13.6. The minimum Gasteiger partial charge on any atom is -0.365 e. The number of rotatable bonds is 5.